The minimum atomic E-state index is -0.304. The molecule has 0 saturated carbocycles. The van der Waals surface area contributed by atoms with Gasteiger partial charge in [0.15, 0.2) is 0 Å². The summed E-state index contributed by atoms with van der Waals surface area (Å²) in [5.74, 6) is 1.40. The fraction of sp³-hybridized carbons (Fsp3) is 0.327. The lowest BCUT2D eigenvalue weighted by atomic mass is 9.33. The molecule has 11 aromatic rings. The summed E-state index contributed by atoms with van der Waals surface area (Å²) in [7, 11) is 0. The number of benzene rings is 11. The van der Waals surface area contributed by atoms with Gasteiger partial charge in [0.2, 0.25) is 0 Å². The van der Waals surface area contributed by atoms with Gasteiger partial charge in [0, 0.05) is 45.0 Å². The molecule has 11 aromatic carbocycles. The van der Waals surface area contributed by atoms with Gasteiger partial charge in [-0.1, -0.05) is 329 Å². The average molecular weight is 1330 g/mol. The van der Waals surface area contributed by atoms with E-state index in [1.54, 1.807) is 0 Å². The lowest BCUT2D eigenvalue weighted by Crippen LogP contribution is -2.61. The van der Waals surface area contributed by atoms with Crippen molar-refractivity contribution in [3.05, 3.63) is 268 Å². The number of nitrogens with zero attached hydrogens (tertiary/aromatic N) is 2. The zero-order valence-corrected chi connectivity index (χ0v) is 65.1. The molecular formula is C98H109BN2. The third-order valence-corrected chi connectivity index (χ3v) is 21.9. The molecule has 0 aromatic heterocycles. The van der Waals surface area contributed by atoms with Crippen molar-refractivity contribution in [1.29, 1.82) is 0 Å². The Morgan fingerprint density at radius 1 is 0.248 bits per heavy atom. The number of hydrogen-bond acceptors (Lipinski definition) is 2. The van der Waals surface area contributed by atoms with Gasteiger partial charge in [0.1, 0.15) is 0 Å². The maximum absolute atomic E-state index is 2.78. The van der Waals surface area contributed by atoms with Gasteiger partial charge in [-0.3, -0.25) is 0 Å². The van der Waals surface area contributed by atoms with Gasteiger partial charge in [-0.2, -0.15) is 0 Å². The summed E-state index contributed by atoms with van der Waals surface area (Å²) in [5.41, 5.74) is 36.7. The van der Waals surface area contributed by atoms with Crippen LogP contribution in [-0.4, -0.2) is 6.71 Å². The van der Waals surface area contributed by atoms with E-state index in [2.05, 4.69) is 387 Å². The average Bonchev–Trinajstić information content (AvgIpc) is 0.686. The van der Waals surface area contributed by atoms with E-state index in [4.69, 9.17) is 0 Å². The van der Waals surface area contributed by atoms with E-state index in [9.17, 15) is 0 Å². The van der Waals surface area contributed by atoms with Crippen molar-refractivity contribution in [2.75, 3.05) is 9.80 Å². The molecule has 0 N–H and O–H groups in total. The van der Waals surface area contributed by atoms with E-state index in [0.29, 0.717) is 23.7 Å². The van der Waals surface area contributed by atoms with Crippen LogP contribution in [0.25, 0.3) is 66.8 Å². The van der Waals surface area contributed by atoms with Crippen LogP contribution in [0.15, 0.2) is 218 Å². The third kappa shape index (κ3) is 13.3. The Labute approximate surface area is 608 Å². The lowest BCUT2D eigenvalue weighted by Gasteiger charge is -2.47. The van der Waals surface area contributed by atoms with Gasteiger partial charge in [-0.25, -0.2) is 0 Å². The molecule has 2 heterocycles. The first-order valence-corrected chi connectivity index (χ1v) is 37.6. The maximum Gasteiger partial charge on any atom is 0.252 e. The monoisotopic (exact) mass is 1320 g/mol. The molecule has 13 rings (SSSR count). The van der Waals surface area contributed by atoms with Crippen LogP contribution in [0.5, 0.6) is 0 Å². The SMILES string of the molecule is CC(C)c1ccc(-c2ccc3c(c2)N(c2c(-c4ccccc4)cc(C(C)(C)C)cc2-c2cccc(C(C)(C)C)c2)c2cc(C(C)(C)C)cc4c2B3c2ccc(-c3ccc(C(C)C)cc3C(C)C)cc2N4c2c(-c3ccccc3)cc(C(C)(C)C)cc2-c2cccc(C(C)(C)C)c2)c(C(C)C)c1. The number of anilines is 6. The zero-order valence-electron chi connectivity index (χ0n) is 65.1. The van der Waals surface area contributed by atoms with Gasteiger partial charge in [0.25, 0.3) is 6.71 Å². The first-order chi connectivity index (χ1) is 47.6. The Kier molecular flexibility index (Phi) is 18.3. The van der Waals surface area contributed by atoms with Crippen LogP contribution in [-0.2, 0) is 27.1 Å². The van der Waals surface area contributed by atoms with Gasteiger partial charge >= 0.3 is 0 Å². The van der Waals surface area contributed by atoms with Gasteiger partial charge < -0.3 is 9.80 Å². The molecule has 0 fully saturated rings. The Balaban J connectivity index is 1.27. The predicted octanol–water partition coefficient (Wildman–Crippen LogP) is 26.8. The molecule has 514 valence electrons. The summed E-state index contributed by atoms with van der Waals surface area (Å²) in [6.45, 7) is 54.3. The summed E-state index contributed by atoms with van der Waals surface area (Å²) >= 11 is 0. The Morgan fingerprint density at radius 2 is 0.564 bits per heavy atom. The Hall–Kier alpha value is -8.92. The van der Waals surface area contributed by atoms with Crippen LogP contribution in [0.1, 0.15) is 233 Å². The number of rotatable bonds is 12. The van der Waals surface area contributed by atoms with Crippen molar-refractivity contribution in [3.8, 4) is 66.8 Å². The Morgan fingerprint density at radius 3 is 0.891 bits per heavy atom. The molecule has 0 aliphatic carbocycles. The van der Waals surface area contributed by atoms with Crippen molar-refractivity contribution in [2.45, 2.75) is 210 Å². The fourth-order valence-corrected chi connectivity index (χ4v) is 15.6. The molecule has 0 unspecified atom stereocenters. The third-order valence-electron chi connectivity index (χ3n) is 21.9. The van der Waals surface area contributed by atoms with Crippen molar-refractivity contribution >= 4 is 57.2 Å². The largest absolute Gasteiger partial charge is 0.310 e. The lowest BCUT2D eigenvalue weighted by molar-refractivity contribution is 0.589. The second-order valence-electron chi connectivity index (χ2n) is 35.9. The summed E-state index contributed by atoms with van der Waals surface area (Å²) in [5, 5.41) is 0. The van der Waals surface area contributed by atoms with Gasteiger partial charge in [-0.15, -0.1) is 0 Å². The highest BCUT2D eigenvalue weighted by Gasteiger charge is 2.47. The van der Waals surface area contributed by atoms with Crippen LogP contribution < -0.4 is 26.2 Å². The van der Waals surface area contributed by atoms with E-state index >= 15 is 0 Å². The highest BCUT2D eigenvalue weighted by molar-refractivity contribution is 7.00. The maximum atomic E-state index is 2.78. The molecule has 0 spiro atoms. The number of fused-ring (bicyclic) bond motifs is 4. The highest BCUT2D eigenvalue weighted by atomic mass is 15.2. The highest BCUT2D eigenvalue weighted by Crippen LogP contribution is 2.56. The molecule has 0 bridgehead atoms. The van der Waals surface area contributed by atoms with Crippen molar-refractivity contribution in [2.24, 2.45) is 0 Å². The molecule has 0 amide bonds. The molecular weight excluding hydrogens is 1220 g/mol. The molecule has 3 heteroatoms. The standard InChI is InChI=1S/C98H109BN2/c1-60(2)66-40-44-77(79(50-66)62(5)6)70-42-46-85-87(52-70)100(92-81(64-32-26-24-27-33-64)54-74(96(15,16)17)56-83(92)68-36-30-38-72(48-68)94(9,10)11)89-58-76(98(21,22)23)59-90-91(89)99(85)86-47-43-71(78-45-41-67(61(3)4)51-80(78)63(7)8)53-88(86)101(90)93-82(65-34-28-25-29-35-65)55-75(97(18,19)20)57-84(93)69-37-31-39-73(49-69)95(12,13)14/h24-63H,1-23H3. The van der Waals surface area contributed by atoms with Crippen molar-refractivity contribution < 1.29 is 0 Å². The molecule has 0 radical (unpaired) electrons. The zero-order chi connectivity index (χ0) is 72.3. The van der Waals surface area contributed by atoms with E-state index in [1.165, 1.54) is 167 Å². The van der Waals surface area contributed by atoms with E-state index in [1.807, 2.05) is 0 Å². The van der Waals surface area contributed by atoms with E-state index in [0.717, 1.165) is 0 Å². The molecule has 101 heavy (non-hydrogen) atoms. The smallest absolute Gasteiger partial charge is 0.252 e. The minimum absolute atomic E-state index is 0.0967. The fourth-order valence-electron chi connectivity index (χ4n) is 15.6. The first-order valence-electron chi connectivity index (χ1n) is 37.6. The van der Waals surface area contributed by atoms with Gasteiger partial charge in [0.05, 0.1) is 11.4 Å². The van der Waals surface area contributed by atoms with E-state index < -0.39 is 0 Å². The summed E-state index contributed by atoms with van der Waals surface area (Å²) in [4.78, 5) is 5.57. The molecule has 2 nitrogen and oxygen atoms in total. The van der Waals surface area contributed by atoms with Crippen molar-refractivity contribution in [1.82, 2.24) is 0 Å². The summed E-state index contributed by atoms with van der Waals surface area (Å²) < 4.78 is 0. The second-order valence-corrected chi connectivity index (χ2v) is 35.9. The molecule has 2 aliphatic heterocycles. The van der Waals surface area contributed by atoms with Crippen LogP contribution in [0.4, 0.5) is 34.1 Å². The topological polar surface area (TPSA) is 6.48 Å². The summed E-state index contributed by atoms with van der Waals surface area (Å²) in [6.07, 6.45) is 0. The molecule has 0 saturated heterocycles. The Bertz CT molecular complexity index is 4660. The quantitative estimate of drug-likeness (QED) is 0.113. The van der Waals surface area contributed by atoms with Crippen LogP contribution in [0.2, 0.25) is 0 Å². The van der Waals surface area contributed by atoms with Gasteiger partial charge in [-0.05, 0) is 210 Å². The number of hydrogen-bond donors (Lipinski definition) is 0. The van der Waals surface area contributed by atoms with Crippen LogP contribution in [0.3, 0.4) is 0 Å². The molecule has 2 aliphatic rings. The van der Waals surface area contributed by atoms with E-state index in [-0.39, 0.29) is 33.8 Å². The molecule has 0 atom stereocenters. The minimum Gasteiger partial charge on any atom is -0.310 e. The predicted molar refractivity (Wildman–Crippen MR) is 443 cm³/mol. The van der Waals surface area contributed by atoms with Crippen LogP contribution >= 0.6 is 0 Å². The van der Waals surface area contributed by atoms with Crippen LogP contribution in [0, 0.1) is 0 Å². The normalized spacial score (nSPS) is 13.4. The summed E-state index contributed by atoms with van der Waals surface area (Å²) in [6, 6.07) is 87.0. The second kappa shape index (κ2) is 26.2. The van der Waals surface area contributed by atoms with Crippen molar-refractivity contribution in [3.63, 3.8) is 0 Å². The first kappa shape index (κ1) is 70.5.